The van der Waals surface area contributed by atoms with Gasteiger partial charge in [-0.3, -0.25) is 4.79 Å². The number of aromatic hydroxyl groups is 2. The Morgan fingerprint density at radius 1 is 1.40 bits per heavy atom. The Morgan fingerprint density at radius 2 is 2.00 bits per heavy atom. The van der Waals surface area contributed by atoms with Crippen LogP contribution in [-0.4, -0.2) is 21.3 Å². The zero-order valence-electron chi connectivity index (χ0n) is 8.07. The Kier molecular flexibility index (Phi) is 3.14. The SMILES string of the molecule is CC(Cc1cc(O)c(F)cc1O)C(=O)O. The van der Waals surface area contributed by atoms with Gasteiger partial charge in [-0.15, -0.1) is 0 Å². The molecule has 1 aromatic rings. The molecule has 4 nitrogen and oxygen atoms in total. The second-order valence-corrected chi connectivity index (χ2v) is 3.38. The minimum atomic E-state index is -1.02. The number of halogens is 1. The van der Waals surface area contributed by atoms with Gasteiger partial charge in [-0.25, -0.2) is 4.39 Å². The molecule has 0 fully saturated rings. The van der Waals surface area contributed by atoms with Crippen molar-refractivity contribution in [3.8, 4) is 11.5 Å². The van der Waals surface area contributed by atoms with E-state index in [1.54, 1.807) is 0 Å². The number of carboxylic acids is 1. The molecule has 0 saturated heterocycles. The third-order valence-corrected chi connectivity index (χ3v) is 2.10. The summed E-state index contributed by atoms with van der Waals surface area (Å²) in [5, 5.41) is 27.0. The standard InChI is InChI=1S/C10H11FO4/c1-5(10(14)15)2-6-3-9(13)7(11)4-8(6)12/h3-5,12-13H,2H2,1H3,(H,14,15). The Bertz CT molecular complexity index is 389. The highest BCUT2D eigenvalue weighted by Gasteiger charge is 2.16. The molecule has 5 heteroatoms. The monoisotopic (exact) mass is 214 g/mol. The number of benzene rings is 1. The van der Waals surface area contributed by atoms with E-state index in [2.05, 4.69) is 0 Å². The maximum atomic E-state index is 12.7. The summed E-state index contributed by atoms with van der Waals surface area (Å²) in [6.07, 6.45) is 0.0367. The van der Waals surface area contributed by atoms with E-state index in [9.17, 15) is 14.3 Å². The van der Waals surface area contributed by atoms with Gasteiger partial charge in [-0.1, -0.05) is 6.92 Å². The molecule has 1 unspecified atom stereocenters. The van der Waals surface area contributed by atoms with Crippen LogP contribution >= 0.6 is 0 Å². The molecule has 0 radical (unpaired) electrons. The van der Waals surface area contributed by atoms with Gasteiger partial charge in [-0.2, -0.15) is 0 Å². The molecule has 82 valence electrons. The van der Waals surface area contributed by atoms with Crippen molar-refractivity contribution >= 4 is 5.97 Å². The van der Waals surface area contributed by atoms with Crippen LogP contribution in [0.5, 0.6) is 11.5 Å². The molecule has 0 spiro atoms. The average Bonchev–Trinajstić information content (AvgIpc) is 2.13. The van der Waals surface area contributed by atoms with Crippen molar-refractivity contribution in [3.63, 3.8) is 0 Å². The normalized spacial score (nSPS) is 12.4. The third kappa shape index (κ3) is 2.59. The highest BCUT2D eigenvalue weighted by atomic mass is 19.1. The van der Waals surface area contributed by atoms with E-state index in [-0.39, 0.29) is 17.7 Å². The molecule has 0 saturated carbocycles. The Balaban J connectivity index is 2.95. The number of phenols is 2. The first kappa shape index (κ1) is 11.3. The van der Waals surface area contributed by atoms with Gasteiger partial charge < -0.3 is 15.3 Å². The van der Waals surface area contributed by atoms with Crippen molar-refractivity contribution in [1.82, 2.24) is 0 Å². The lowest BCUT2D eigenvalue weighted by atomic mass is 10.0. The maximum absolute atomic E-state index is 12.7. The van der Waals surface area contributed by atoms with E-state index in [4.69, 9.17) is 10.2 Å². The van der Waals surface area contributed by atoms with Crippen LogP contribution in [-0.2, 0) is 11.2 Å². The summed E-state index contributed by atoms with van der Waals surface area (Å²) in [6, 6.07) is 1.79. The fourth-order valence-corrected chi connectivity index (χ4v) is 1.18. The first-order valence-electron chi connectivity index (χ1n) is 4.35. The number of carboxylic acid groups (broad SMARTS) is 1. The Morgan fingerprint density at radius 3 is 2.53 bits per heavy atom. The van der Waals surface area contributed by atoms with Crippen LogP contribution in [0.3, 0.4) is 0 Å². The molecule has 1 rings (SSSR count). The molecular weight excluding hydrogens is 203 g/mol. The molecule has 0 aromatic heterocycles. The van der Waals surface area contributed by atoms with Gasteiger partial charge in [-0.05, 0) is 18.1 Å². The minimum absolute atomic E-state index is 0.0367. The van der Waals surface area contributed by atoms with Gasteiger partial charge in [0.1, 0.15) is 5.75 Å². The van der Waals surface area contributed by atoms with Crippen molar-refractivity contribution in [2.24, 2.45) is 5.92 Å². The summed E-state index contributed by atoms with van der Waals surface area (Å²) in [6.45, 7) is 1.46. The number of aliphatic carboxylic acids is 1. The van der Waals surface area contributed by atoms with Crippen LogP contribution < -0.4 is 0 Å². The summed E-state index contributed by atoms with van der Waals surface area (Å²) >= 11 is 0. The highest BCUT2D eigenvalue weighted by Crippen LogP contribution is 2.27. The lowest BCUT2D eigenvalue weighted by Crippen LogP contribution is -2.12. The summed E-state index contributed by atoms with van der Waals surface area (Å²) in [4.78, 5) is 10.5. The largest absolute Gasteiger partial charge is 0.508 e. The summed E-state index contributed by atoms with van der Waals surface area (Å²) < 4.78 is 12.7. The number of rotatable bonds is 3. The maximum Gasteiger partial charge on any atom is 0.306 e. The molecule has 0 heterocycles. The zero-order valence-corrected chi connectivity index (χ0v) is 8.07. The van der Waals surface area contributed by atoms with Gasteiger partial charge in [0.05, 0.1) is 5.92 Å². The van der Waals surface area contributed by atoms with E-state index in [1.807, 2.05) is 0 Å². The van der Waals surface area contributed by atoms with Crippen LogP contribution in [0.15, 0.2) is 12.1 Å². The second kappa shape index (κ2) is 4.16. The first-order valence-corrected chi connectivity index (χ1v) is 4.35. The molecule has 3 N–H and O–H groups in total. The van der Waals surface area contributed by atoms with E-state index in [0.29, 0.717) is 0 Å². The quantitative estimate of drug-likeness (QED) is 0.666. The molecular formula is C10H11FO4. The average molecular weight is 214 g/mol. The Labute approximate surface area is 85.6 Å². The van der Waals surface area contributed by atoms with Crippen LogP contribution in [0.4, 0.5) is 4.39 Å². The molecule has 1 aromatic carbocycles. The minimum Gasteiger partial charge on any atom is -0.508 e. The predicted molar refractivity (Wildman–Crippen MR) is 50.2 cm³/mol. The van der Waals surface area contributed by atoms with Gasteiger partial charge in [0, 0.05) is 6.07 Å². The van der Waals surface area contributed by atoms with Crippen LogP contribution in [0, 0.1) is 11.7 Å². The molecule has 1 atom stereocenters. The lowest BCUT2D eigenvalue weighted by molar-refractivity contribution is -0.141. The summed E-state index contributed by atoms with van der Waals surface area (Å²) in [7, 11) is 0. The van der Waals surface area contributed by atoms with Crippen LogP contribution in [0.2, 0.25) is 0 Å². The van der Waals surface area contributed by atoms with Crippen molar-refractivity contribution in [1.29, 1.82) is 0 Å². The second-order valence-electron chi connectivity index (χ2n) is 3.38. The van der Waals surface area contributed by atoms with Gasteiger partial charge in [0.25, 0.3) is 0 Å². The van der Waals surface area contributed by atoms with Crippen LogP contribution in [0.1, 0.15) is 12.5 Å². The van der Waals surface area contributed by atoms with Crippen molar-refractivity contribution in [2.45, 2.75) is 13.3 Å². The Hall–Kier alpha value is -1.78. The van der Waals surface area contributed by atoms with Gasteiger partial charge in [0.15, 0.2) is 11.6 Å². The summed E-state index contributed by atoms with van der Waals surface area (Å²) in [5.74, 6) is -3.60. The van der Waals surface area contributed by atoms with Gasteiger partial charge in [0.2, 0.25) is 0 Å². The van der Waals surface area contributed by atoms with E-state index in [1.165, 1.54) is 6.92 Å². The van der Waals surface area contributed by atoms with E-state index >= 15 is 0 Å². The lowest BCUT2D eigenvalue weighted by Gasteiger charge is -2.08. The third-order valence-electron chi connectivity index (χ3n) is 2.10. The molecule has 15 heavy (non-hydrogen) atoms. The van der Waals surface area contributed by atoms with Crippen molar-refractivity contribution < 1.29 is 24.5 Å². The molecule has 0 bridgehead atoms. The fraction of sp³-hybridized carbons (Fsp3) is 0.300. The number of hydrogen-bond acceptors (Lipinski definition) is 3. The molecule has 0 aliphatic carbocycles. The van der Waals surface area contributed by atoms with E-state index in [0.717, 1.165) is 12.1 Å². The molecule has 0 aliphatic heterocycles. The molecule has 0 amide bonds. The number of carbonyl (C=O) groups is 1. The van der Waals surface area contributed by atoms with Crippen molar-refractivity contribution in [2.75, 3.05) is 0 Å². The van der Waals surface area contributed by atoms with Crippen LogP contribution in [0.25, 0.3) is 0 Å². The first-order chi connectivity index (χ1) is 6.91. The van der Waals surface area contributed by atoms with Crippen molar-refractivity contribution in [3.05, 3.63) is 23.5 Å². The zero-order chi connectivity index (χ0) is 11.6. The highest BCUT2D eigenvalue weighted by molar-refractivity contribution is 5.70. The fourth-order valence-electron chi connectivity index (χ4n) is 1.18. The smallest absolute Gasteiger partial charge is 0.306 e. The predicted octanol–water partition coefficient (Wildman–Crippen LogP) is 1.50. The van der Waals surface area contributed by atoms with E-state index < -0.39 is 23.5 Å². The number of hydrogen-bond donors (Lipinski definition) is 3. The molecule has 0 aliphatic rings. The number of phenolic OH excluding ortho intramolecular Hbond substituents is 2. The topological polar surface area (TPSA) is 77.8 Å². The summed E-state index contributed by atoms with van der Waals surface area (Å²) in [5.41, 5.74) is 0.212. The van der Waals surface area contributed by atoms with Gasteiger partial charge >= 0.3 is 5.97 Å².